The minimum Gasteiger partial charge on any atom is -0.445 e. The zero-order valence-electron chi connectivity index (χ0n) is 24.0. The van der Waals surface area contributed by atoms with E-state index in [1.165, 1.54) is 0 Å². The number of fused-ring (bicyclic) bond motifs is 2. The fourth-order valence-corrected chi connectivity index (χ4v) is 9.62. The molecule has 2 aliphatic heterocycles. The van der Waals surface area contributed by atoms with Crippen molar-refractivity contribution in [2.75, 3.05) is 26.7 Å². The number of rotatable bonds is 4. The summed E-state index contributed by atoms with van der Waals surface area (Å²) in [4.78, 5) is 43.1. The molecule has 1 N–H and O–H groups in total. The predicted molar refractivity (Wildman–Crippen MR) is 144 cm³/mol. The van der Waals surface area contributed by atoms with Gasteiger partial charge in [-0.2, -0.15) is 0 Å². The zero-order chi connectivity index (χ0) is 27.6. The van der Waals surface area contributed by atoms with Gasteiger partial charge in [-0.1, -0.05) is 34.6 Å². The number of piperidine rings is 1. The highest BCUT2D eigenvalue weighted by atomic mass is 16.6. The van der Waals surface area contributed by atoms with Crippen molar-refractivity contribution >= 4 is 17.8 Å². The number of carbonyl (C=O) groups excluding carboxylic acids is 3. The molecule has 210 valence electrons. The molecule has 5 rings (SSSR count). The molecule has 5 aliphatic rings. The first-order chi connectivity index (χ1) is 17.9. The topological polar surface area (TPSA) is 84.9 Å². The second-order valence-corrected chi connectivity index (χ2v) is 13.7. The Labute approximate surface area is 228 Å². The molecule has 0 aromatic heterocycles. The molecule has 12 atom stereocenters. The summed E-state index contributed by atoms with van der Waals surface area (Å²) in [6, 6.07) is 0. The molecule has 3 aliphatic carbocycles. The van der Waals surface area contributed by atoms with Crippen molar-refractivity contribution in [1.82, 2.24) is 10.2 Å². The van der Waals surface area contributed by atoms with Crippen LogP contribution in [0.1, 0.15) is 73.1 Å². The van der Waals surface area contributed by atoms with Crippen molar-refractivity contribution in [3.05, 3.63) is 0 Å². The Kier molecular flexibility index (Phi) is 7.00. The van der Waals surface area contributed by atoms with Crippen molar-refractivity contribution in [2.45, 2.75) is 85.4 Å². The van der Waals surface area contributed by atoms with Gasteiger partial charge in [0.05, 0.1) is 12.0 Å². The minimum atomic E-state index is -0.845. The van der Waals surface area contributed by atoms with Crippen LogP contribution in [-0.4, -0.2) is 61.6 Å². The lowest BCUT2D eigenvalue weighted by atomic mass is 9.43. The summed E-state index contributed by atoms with van der Waals surface area (Å²) in [5.41, 5.74) is -1.50. The molecule has 0 spiro atoms. The van der Waals surface area contributed by atoms with Gasteiger partial charge < -0.3 is 14.4 Å². The lowest BCUT2D eigenvalue weighted by Gasteiger charge is -2.62. The molecule has 5 unspecified atom stereocenters. The van der Waals surface area contributed by atoms with Crippen molar-refractivity contribution in [1.29, 1.82) is 0 Å². The summed E-state index contributed by atoms with van der Waals surface area (Å²) in [6.07, 6.45) is 9.71. The van der Waals surface area contributed by atoms with Crippen molar-refractivity contribution in [2.24, 2.45) is 51.8 Å². The van der Waals surface area contributed by atoms with Gasteiger partial charge in [0, 0.05) is 48.8 Å². The number of methoxy groups -OCH3 is 1. The number of ether oxygens (including phenoxy) is 2. The zero-order valence-corrected chi connectivity index (χ0v) is 24.0. The summed E-state index contributed by atoms with van der Waals surface area (Å²) >= 11 is 0. The number of carbonyl (C=O) groups is 3. The molecule has 38 heavy (non-hydrogen) atoms. The highest BCUT2D eigenvalue weighted by Gasteiger charge is 2.69. The first-order valence-electron chi connectivity index (χ1n) is 14.7. The van der Waals surface area contributed by atoms with E-state index >= 15 is 0 Å². The van der Waals surface area contributed by atoms with Crippen LogP contribution < -0.4 is 5.32 Å². The molecule has 2 heterocycles. The van der Waals surface area contributed by atoms with Crippen LogP contribution in [-0.2, 0) is 19.1 Å². The van der Waals surface area contributed by atoms with E-state index in [1.807, 2.05) is 13.8 Å². The van der Waals surface area contributed by atoms with Crippen LogP contribution in [0.25, 0.3) is 0 Å². The number of amides is 2. The van der Waals surface area contributed by atoms with Gasteiger partial charge in [-0.3, -0.25) is 14.9 Å². The van der Waals surface area contributed by atoms with Gasteiger partial charge in [-0.25, -0.2) is 4.79 Å². The van der Waals surface area contributed by atoms with E-state index in [0.717, 1.165) is 45.2 Å². The van der Waals surface area contributed by atoms with Crippen LogP contribution in [0.5, 0.6) is 0 Å². The maximum absolute atomic E-state index is 14.3. The number of terminal acetylenes is 1. The molecule has 7 nitrogen and oxygen atoms in total. The van der Waals surface area contributed by atoms with E-state index in [4.69, 9.17) is 15.9 Å². The molecule has 3 saturated carbocycles. The molecule has 2 amide bonds. The van der Waals surface area contributed by atoms with Crippen LogP contribution in [0.2, 0.25) is 0 Å². The average Bonchev–Trinajstić information content (AvgIpc) is 3.63. The number of ketones is 1. The third kappa shape index (κ3) is 3.88. The fourth-order valence-electron chi connectivity index (χ4n) is 9.62. The Bertz CT molecular complexity index is 1040. The molecule has 4 bridgehead atoms. The lowest BCUT2D eigenvalue weighted by molar-refractivity contribution is -0.194. The van der Waals surface area contributed by atoms with E-state index in [1.54, 1.807) is 7.11 Å². The molecule has 0 aromatic carbocycles. The normalized spacial score (nSPS) is 48.4. The van der Waals surface area contributed by atoms with E-state index in [9.17, 15) is 14.4 Å². The SMILES string of the molecule is C#CC(C)[C@]1(C)C[C@@H](OC(=O)NC(=O)[C@H]2CN3CC[C@@H]2C3)[C@@]2(C)C3C(OC)CCC3(CC[C@H]2C)[C@@H](C)C1=O. The van der Waals surface area contributed by atoms with E-state index in [2.05, 4.69) is 36.9 Å². The highest BCUT2D eigenvalue weighted by Crippen LogP contribution is 2.69. The summed E-state index contributed by atoms with van der Waals surface area (Å²) in [5, 5.41) is 2.59. The second kappa shape index (κ2) is 9.63. The van der Waals surface area contributed by atoms with Crippen LogP contribution >= 0.6 is 0 Å². The Morgan fingerprint density at radius 2 is 1.87 bits per heavy atom. The van der Waals surface area contributed by atoms with Gasteiger partial charge in [0.1, 0.15) is 11.9 Å². The number of nitrogens with zero attached hydrogens (tertiary/aromatic N) is 1. The molecule has 7 heteroatoms. The quantitative estimate of drug-likeness (QED) is 0.550. The summed E-state index contributed by atoms with van der Waals surface area (Å²) in [5.74, 6) is 2.73. The van der Waals surface area contributed by atoms with Crippen LogP contribution in [0.3, 0.4) is 0 Å². The first kappa shape index (κ1) is 27.6. The third-order valence-electron chi connectivity index (χ3n) is 12.4. The fraction of sp³-hybridized carbons (Fsp3) is 0.839. The first-order valence-corrected chi connectivity index (χ1v) is 14.7. The van der Waals surface area contributed by atoms with Gasteiger partial charge in [0.2, 0.25) is 5.91 Å². The number of nitrogens with one attached hydrogen (secondary N) is 1. The molecule has 0 radical (unpaired) electrons. The number of hydrogen-bond acceptors (Lipinski definition) is 6. The predicted octanol–water partition coefficient (Wildman–Crippen LogP) is 4.29. The van der Waals surface area contributed by atoms with E-state index < -0.39 is 23.0 Å². The van der Waals surface area contributed by atoms with E-state index in [-0.39, 0.29) is 52.8 Å². The Morgan fingerprint density at radius 1 is 1.16 bits per heavy atom. The molecule has 2 saturated heterocycles. The van der Waals surface area contributed by atoms with Gasteiger partial charge in [0.15, 0.2) is 0 Å². The standard InChI is InChI=1S/C31H46N2O5/c1-8-18(2)29(5)15-24(38-28(36)32-27(35)22-17-33-14-11-21(22)16-33)30(6)19(3)9-12-31(20(4)26(29)34)13-10-23(37-7)25(30)31/h1,18-25H,9-17H2,2-7H3,(H,32,35,36)/t18?,19-,20+,21-,22+,23?,24-,25?,29+,30+,31?/m1/s1. The maximum Gasteiger partial charge on any atom is 0.414 e. The maximum atomic E-state index is 14.3. The Hall–Kier alpha value is -1.91. The van der Waals surface area contributed by atoms with Crippen molar-refractivity contribution in [3.63, 3.8) is 0 Å². The van der Waals surface area contributed by atoms with Crippen molar-refractivity contribution < 1.29 is 23.9 Å². The average molecular weight is 527 g/mol. The molecular weight excluding hydrogens is 480 g/mol. The second-order valence-electron chi connectivity index (χ2n) is 13.7. The number of Topliss-reactive ketones (excluding diaryl/α,β-unsaturated/α-hetero) is 1. The van der Waals surface area contributed by atoms with Gasteiger partial charge in [-0.05, 0) is 62.3 Å². The third-order valence-corrected chi connectivity index (χ3v) is 12.4. The number of imide groups is 1. The number of alkyl carbamates (subject to hydrolysis) is 1. The van der Waals surface area contributed by atoms with Gasteiger partial charge >= 0.3 is 6.09 Å². The van der Waals surface area contributed by atoms with E-state index in [0.29, 0.717) is 18.9 Å². The Balaban J connectivity index is 1.51. The van der Waals surface area contributed by atoms with Gasteiger partial charge in [-0.15, -0.1) is 12.3 Å². The number of hydrogen-bond donors (Lipinski definition) is 1. The summed E-state index contributed by atoms with van der Waals surface area (Å²) in [7, 11) is 1.76. The smallest absolute Gasteiger partial charge is 0.414 e. The van der Waals surface area contributed by atoms with Crippen LogP contribution in [0.15, 0.2) is 0 Å². The molecule has 0 aromatic rings. The summed E-state index contributed by atoms with van der Waals surface area (Å²) in [6.45, 7) is 13.1. The van der Waals surface area contributed by atoms with Crippen LogP contribution in [0, 0.1) is 64.1 Å². The van der Waals surface area contributed by atoms with Crippen molar-refractivity contribution in [3.8, 4) is 12.3 Å². The lowest BCUT2D eigenvalue weighted by Crippen LogP contribution is -2.64. The molecular formula is C31H46N2O5. The monoisotopic (exact) mass is 526 g/mol. The molecule has 5 fully saturated rings. The Morgan fingerprint density at radius 3 is 2.47 bits per heavy atom. The minimum absolute atomic E-state index is 0.00806. The van der Waals surface area contributed by atoms with Gasteiger partial charge in [0.25, 0.3) is 0 Å². The van der Waals surface area contributed by atoms with Crippen LogP contribution in [0.4, 0.5) is 4.79 Å². The summed E-state index contributed by atoms with van der Waals surface area (Å²) < 4.78 is 12.4. The highest BCUT2D eigenvalue weighted by molar-refractivity contribution is 5.94. The largest absolute Gasteiger partial charge is 0.445 e.